The second-order valence-corrected chi connectivity index (χ2v) is 6.24. The first-order valence-corrected chi connectivity index (χ1v) is 8.54. The molecule has 1 fully saturated rings. The maximum Gasteiger partial charge on any atom is 0.213 e. The minimum atomic E-state index is -0.333. The van der Waals surface area contributed by atoms with Crippen LogP contribution in [0.1, 0.15) is 31.2 Å². The van der Waals surface area contributed by atoms with Gasteiger partial charge < -0.3 is 10.1 Å². The van der Waals surface area contributed by atoms with Crippen LogP contribution in [0.15, 0.2) is 42.9 Å². The lowest BCUT2D eigenvalue weighted by atomic mass is 10.2. The fourth-order valence-corrected chi connectivity index (χ4v) is 3.19. The van der Waals surface area contributed by atoms with Gasteiger partial charge in [0, 0.05) is 18.8 Å². The van der Waals surface area contributed by atoms with Crippen LogP contribution in [-0.2, 0) is 6.54 Å². The normalized spacial score (nSPS) is 14.8. The van der Waals surface area contributed by atoms with Crippen molar-refractivity contribution >= 4 is 16.7 Å². The summed E-state index contributed by atoms with van der Waals surface area (Å²) in [6.07, 6.45) is 8.07. The van der Waals surface area contributed by atoms with Gasteiger partial charge in [-0.3, -0.25) is 0 Å². The number of aromatic nitrogens is 3. The Balaban J connectivity index is 1.50. The Hall–Kier alpha value is -2.76. The SMILES string of the molecule is Fc1cccc2ncnc(NCc3ccnc(OC4CCCC4)c3)c12. The van der Waals surface area contributed by atoms with E-state index in [9.17, 15) is 4.39 Å². The molecule has 0 atom stereocenters. The molecular formula is C19H19FN4O. The summed E-state index contributed by atoms with van der Waals surface area (Å²) in [6.45, 7) is 0.504. The average molecular weight is 338 g/mol. The molecule has 1 N–H and O–H groups in total. The van der Waals surface area contributed by atoms with Crippen molar-refractivity contribution in [2.24, 2.45) is 0 Å². The molecule has 1 saturated carbocycles. The zero-order valence-corrected chi connectivity index (χ0v) is 13.8. The Morgan fingerprint density at radius 3 is 2.88 bits per heavy atom. The number of hydrogen-bond donors (Lipinski definition) is 1. The number of anilines is 1. The maximum atomic E-state index is 14.1. The number of hydrogen-bond acceptors (Lipinski definition) is 5. The van der Waals surface area contributed by atoms with Crippen molar-refractivity contribution in [1.82, 2.24) is 15.0 Å². The Kier molecular flexibility index (Phi) is 4.41. The minimum absolute atomic E-state index is 0.274. The Morgan fingerprint density at radius 2 is 2.00 bits per heavy atom. The van der Waals surface area contributed by atoms with Crippen LogP contribution >= 0.6 is 0 Å². The predicted octanol–water partition coefficient (Wildman–Crippen LogP) is 4.10. The fourth-order valence-electron chi connectivity index (χ4n) is 3.19. The molecule has 0 amide bonds. The number of ether oxygens (including phenoxy) is 1. The van der Waals surface area contributed by atoms with Crippen molar-refractivity contribution in [3.63, 3.8) is 0 Å². The first-order valence-electron chi connectivity index (χ1n) is 8.54. The molecule has 0 radical (unpaired) electrons. The molecule has 0 unspecified atom stereocenters. The van der Waals surface area contributed by atoms with E-state index in [0.717, 1.165) is 18.4 Å². The van der Waals surface area contributed by atoms with Crippen LogP contribution in [0, 0.1) is 5.82 Å². The molecule has 6 heteroatoms. The molecule has 25 heavy (non-hydrogen) atoms. The van der Waals surface area contributed by atoms with Crippen molar-refractivity contribution in [3.05, 3.63) is 54.2 Å². The van der Waals surface area contributed by atoms with Crippen molar-refractivity contribution < 1.29 is 9.13 Å². The molecule has 0 aliphatic heterocycles. The summed E-state index contributed by atoms with van der Waals surface area (Å²) in [5.74, 6) is 0.795. The highest BCUT2D eigenvalue weighted by molar-refractivity contribution is 5.89. The van der Waals surface area contributed by atoms with E-state index in [1.807, 2.05) is 12.1 Å². The molecule has 128 valence electrons. The summed E-state index contributed by atoms with van der Waals surface area (Å²) in [7, 11) is 0. The zero-order chi connectivity index (χ0) is 17.1. The lowest BCUT2D eigenvalue weighted by Gasteiger charge is -2.13. The summed E-state index contributed by atoms with van der Waals surface area (Å²) < 4.78 is 20.0. The monoisotopic (exact) mass is 338 g/mol. The second-order valence-electron chi connectivity index (χ2n) is 6.24. The van der Waals surface area contributed by atoms with E-state index in [2.05, 4.69) is 20.3 Å². The highest BCUT2D eigenvalue weighted by Gasteiger charge is 2.17. The van der Waals surface area contributed by atoms with Gasteiger partial charge >= 0.3 is 0 Å². The Bertz CT molecular complexity index is 875. The number of nitrogens with one attached hydrogen (secondary N) is 1. The molecule has 1 aliphatic carbocycles. The molecule has 2 heterocycles. The first-order chi connectivity index (χ1) is 12.3. The maximum absolute atomic E-state index is 14.1. The quantitative estimate of drug-likeness (QED) is 0.759. The van der Waals surface area contributed by atoms with Crippen LogP contribution in [0.3, 0.4) is 0 Å². The van der Waals surface area contributed by atoms with Crippen molar-refractivity contribution in [3.8, 4) is 5.88 Å². The third-order valence-corrected chi connectivity index (χ3v) is 4.46. The largest absolute Gasteiger partial charge is 0.474 e. The van der Waals surface area contributed by atoms with Crippen LogP contribution in [-0.4, -0.2) is 21.1 Å². The molecule has 0 spiro atoms. The summed E-state index contributed by atoms with van der Waals surface area (Å²) in [5.41, 5.74) is 1.59. The molecule has 1 aliphatic rings. The van der Waals surface area contributed by atoms with Crippen LogP contribution in [0.2, 0.25) is 0 Å². The standard InChI is InChI=1S/C19H19FN4O/c20-15-6-3-7-16-18(15)19(24-12-23-16)22-11-13-8-9-21-17(10-13)25-14-4-1-2-5-14/h3,6-10,12,14H,1-2,4-5,11H2,(H,22,23,24). The molecule has 2 aromatic heterocycles. The topological polar surface area (TPSA) is 59.9 Å². The average Bonchev–Trinajstić information content (AvgIpc) is 3.13. The van der Waals surface area contributed by atoms with E-state index in [0.29, 0.717) is 29.1 Å². The van der Waals surface area contributed by atoms with Gasteiger partial charge in [0.2, 0.25) is 5.88 Å². The highest BCUT2D eigenvalue weighted by Crippen LogP contribution is 2.25. The molecule has 4 rings (SSSR count). The number of rotatable bonds is 5. The highest BCUT2D eigenvalue weighted by atomic mass is 19.1. The van der Waals surface area contributed by atoms with Crippen molar-refractivity contribution in [1.29, 1.82) is 0 Å². The van der Waals surface area contributed by atoms with Crippen molar-refractivity contribution in [2.75, 3.05) is 5.32 Å². The van der Waals surface area contributed by atoms with Gasteiger partial charge in [-0.1, -0.05) is 6.07 Å². The van der Waals surface area contributed by atoms with Crippen LogP contribution in [0.5, 0.6) is 5.88 Å². The van der Waals surface area contributed by atoms with Gasteiger partial charge in [-0.2, -0.15) is 0 Å². The third kappa shape index (κ3) is 3.52. The summed E-state index contributed by atoms with van der Waals surface area (Å²) in [4.78, 5) is 12.6. The number of pyridine rings is 1. The van der Waals surface area contributed by atoms with Gasteiger partial charge in [0.05, 0.1) is 10.9 Å². The molecule has 0 saturated heterocycles. The van der Waals surface area contributed by atoms with E-state index >= 15 is 0 Å². The zero-order valence-electron chi connectivity index (χ0n) is 13.8. The van der Waals surface area contributed by atoms with E-state index in [4.69, 9.17) is 4.74 Å². The van der Waals surface area contributed by atoms with E-state index in [1.165, 1.54) is 25.2 Å². The Labute approximate surface area is 145 Å². The van der Waals surface area contributed by atoms with Gasteiger partial charge in [0.15, 0.2) is 0 Å². The molecule has 3 aromatic rings. The predicted molar refractivity (Wildman–Crippen MR) is 93.9 cm³/mol. The first kappa shape index (κ1) is 15.7. The van der Waals surface area contributed by atoms with Crippen LogP contribution in [0.25, 0.3) is 10.9 Å². The Morgan fingerprint density at radius 1 is 1.12 bits per heavy atom. The molecule has 0 bridgehead atoms. The van der Waals surface area contributed by atoms with Gasteiger partial charge in [-0.15, -0.1) is 0 Å². The lowest BCUT2D eigenvalue weighted by Crippen LogP contribution is -2.12. The lowest BCUT2D eigenvalue weighted by molar-refractivity contribution is 0.201. The second kappa shape index (κ2) is 7.01. The smallest absolute Gasteiger partial charge is 0.213 e. The van der Waals surface area contributed by atoms with Crippen LogP contribution < -0.4 is 10.1 Å². The molecular weight excluding hydrogens is 319 g/mol. The van der Waals surface area contributed by atoms with E-state index < -0.39 is 0 Å². The number of benzene rings is 1. The fraction of sp³-hybridized carbons (Fsp3) is 0.316. The summed E-state index contributed by atoms with van der Waals surface area (Å²) in [6, 6.07) is 8.66. The summed E-state index contributed by atoms with van der Waals surface area (Å²) in [5, 5.41) is 3.60. The molecule has 1 aromatic carbocycles. The third-order valence-electron chi connectivity index (χ3n) is 4.46. The number of fused-ring (bicyclic) bond motifs is 1. The van der Waals surface area contributed by atoms with Gasteiger partial charge in [-0.25, -0.2) is 19.3 Å². The van der Waals surface area contributed by atoms with Gasteiger partial charge in [0.1, 0.15) is 24.1 Å². The van der Waals surface area contributed by atoms with Gasteiger partial charge in [-0.05, 0) is 49.4 Å². The van der Waals surface area contributed by atoms with Gasteiger partial charge in [0.25, 0.3) is 0 Å². The van der Waals surface area contributed by atoms with E-state index in [-0.39, 0.29) is 11.9 Å². The number of halogens is 1. The minimum Gasteiger partial charge on any atom is -0.474 e. The number of nitrogens with zero attached hydrogens (tertiary/aromatic N) is 3. The summed E-state index contributed by atoms with van der Waals surface area (Å²) >= 11 is 0. The van der Waals surface area contributed by atoms with Crippen molar-refractivity contribution in [2.45, 2.75) is 38.3 Å². The van der Waals surface area contributed by atoms with Crippen LogP contribution in [0.4, 0.5) is 10.2 Å². The molecule has 5 nitrogen and oxygen atoms in total. The van der Waals surface area contributed by atoms with E-state index in [1.54, 1.807) is 18.3 Å².